The van der Waals surface area contributed by atoms with Gasteiger partial charge in [-0.15, -0.1) is 0 Å². The third kappa shape index (κ3) is 5.37. The number of pyridine rings is 1. The fraction of sp³-hybridized carbons (Fsp3) is 0.0385. The van der Waals surface area contributed by atoms with Gasteiger partial charge >= 0.3 is 0 Å². The number of carbonyl (C=O) groups is 2. The molecule has 0 radical (unpaired) electrons. The summed E-state index contributed by atoms with van der Waals surface area (Å²) in [4.78, 5) is 29.6. The zero-order valence-electron chi connectivity index (χ0n) is 17.2. The molecule has 3 aromatic carbocycles. The average molecular weight is 423 g/mol. The molecule has 6 nitrogen and oxygen atoms in total. The molecule has 0 aliphatic heterocycles. The van der Waals surface area contributed by atoms with Crippen molar-refractivity contribution >= 4 is 23.2 Å². The Hall–Kier alpha value is -4.45. The largest absolute Gasteiger partial charge is 0.489 e. The molecule has 0 aliphatic rings. The summed E-state index contributed by atoms with van der Waals surface area (Å²) in [6.45, 7) is 0.406. The second kappa shape index (κ2) is 10.0. The summed E-state index contributed by atoms with van der Waals surface area (Å²) in [5, 5.41) is 5.60. The number of nitrogens with one attached hydrogen (secondary N) is 2. The van der Waals surface area contributed by atoms with E-state index in [0.717, 1.165) is 5.56 Å². The molecule has 4 aromatic rings. The highest BCUT2D eigenvalue weighted by Crippen LogP contribution is 2.20. The molecule has 0 atom stereocenters. The summed E-state index contributed by atoms with van der Waals surface area (Å²) in [5.74, 6) is -0.0882. The van der Waals surface area contributed by atoms with Gasteiger partial charge in [-0.2, -0.15) is 0 Å². The van der Waals surface area contributed by atoms with Crippen molar-refractivity contribution in [1.82, 2.24) is 4.98 Å². The molecule has 4 rings (SSSR count). The number of anilines is 2. The van der Waals surface area contributed by atoms with Crippen LogP contribution in [-0.4, -0.2) is 16.8 Å². The van der Waals surface area contributed by atoms with Crippen LogP contribution in [0.3, 0.4) is 0 Å². The lowest BCUT2D eigenvalue weighted by Gasteiger charge is -2.12. The van der Waals surface area contributed by atoms with E-state index in [-0.39, 0.29) is 11.8 Å². The van der Waals surface area contributed by atoms with Crippen LogP contribution in [0.2, 0.25) is 0 Å². The van der Waals surface area contributed by atoms with Gasteiger partial charge in [0.15, 0.2) is 0 Å². The number of nitrogens with zero attached hydrogens (tertiary/aromatic N) is 1. The lowest BCUT2D eigenvalue weighted by Crippen LogP contribution is -2.18. The summed E-state index contributed by atoms with van der Waals surface area (Å²) in [5.41, 5.74) is 2.80. The van der Waals surface area contributed by atoms with Crippen LogP contribution in [0, 0.1) is 0 Å². The summed E-state index contributed by atoms with van der Waals surface area (Å²) < 4.78 is 5.81. The fourth-order valence-electron chi connectivity index (χ4n) is 3.09. The third-order valence-corrected chi connectivity index (χ3v) is 4.68. The minimum Gasteiger partial charge on any atom is -0.489 e. The van der Waals surface area contributed by atoms with E-state index in [1.54, 1.807) is 73.1 Å². The van der Waals surface area contributed by atoms with Crippen molar-refractivity contribution in [1.29, 1.82) is 0 Å². The summed E-state index contributed by atoms with van der Waals surface area (Å²) in [6.07, 6.45) is 3.18. The zero-order chi connectivity index (χ0) is 22.2. The van der Waals surface area contributed by atoms with Crippen molar-refractivity contribution in [2.24, 2.45) is 0 Å². The average Bonchev–Trinajstić information content (AvgIpc) is 2.84. The maximum atomic E-state index is 12.9. The van der Waals surface area contributed by atoms with Crippen molar-refractivity contribution in [2.75, 3.05) is 10.6 Å². The predicted octanol–water partition coefficient (Wildman–Crippen LogP) is 5.17. The third-order valence-electron chi connectivity index (χ3n) is 4.68. The van der Waals surface area contributed by atoms with Crippen LogP contribution in [0.1, 0.15) is 26.3 Å². The van der Waals surface area contributed by atoms with Gasteiger partial charge in [-0.25, -0.2) is 0 Å². The molecule has 0 spiro atoms. The Labute approximate surface area is 185 Å². The Kier molecular flexibility index (Phi) is 6.53. The van der Waals surface area contributed by atoms with Crippen LogP contribution in [0.5, 0.6) is 5.75 Å². The molecule has 1 heterocycles. The smallest absolute Gasteiger partial charge is 0.257 e. The van der Waals surface area contributed by atoms with Gasteiger partial charge in [0.2, 0.25) is 0 Å². The van der Waals surface area contributed by atoms with Crippen LogP contribution in [0.25, 0.3) is 0 Å². The number of hydrogen-bond acceptors (Lipinski definition) is 4. The van der Waals surface area contributed by atoms with Crippen molar-refractivity contribution in [3.63, 3.8) is 0 Å². The summed E-state index contributed by atoms with van der Waals surface area (Å²) >= 11 is 0. The normalized spacial score (nSPS) is 10.2. The molecule has 0 saturated heterocycles. The Morgan fingerprint density at radius 2 is 1.59 bits per heavy atom. The molecule has 0 bridgehead atoms. The predicted molar refractivity (Wildman–Crippen MR) is 124 cm³/mol. The molecule has 6 heteroatoms. The molecular formula is C26H21N3O3. The minimum absolute atomic E-state index is 0.336. The molecular weight excluding hydrogens is 402 g/mol. The molecule has 158 valence electrons. The van der Waals surface area contributed by atoms with E-state index in [1.165, 1.54) is 0 Å². The van der Waals surface area contributed by atoms with E-state index >= 15 is 0 Å². The van der Waals surface area contributed by atoms with E-state index in [9.17, 15) is 9.59 Å². The molecule has 1 aromatic heterocycles. The van der Waals surface area contributed by atoms with Gasteiger partial charge in [0.05, 0.1) is 23.1 Å². The number of para-hydroxylation sites is 1. The first-order valence-corrected chi connectivity index (χ1v) is 10.1. The van der Waals surface area contributed by atoms with Crippen LogP contribution >= 0.6 is 0 Å². The lowest BCUT2D eigenvalue weighted by atomic mass is 10.1. The van der Waals surface area contributed by atoms with Crippen molar-refractivity contribution in [3.05, 3.63) is 120 Å². The molecule has 32 heavy (non-hydrogen) atoms. The Morgan fingerprint density at radius 1 is 0.781 bits per heavy atom. The molecule has 2 N–H and O–H groups in total. The van der Waals surface area contributed by atoms with Crippen LogP contribution in [-0.2, 0) is 6.61 Å². The quantitative estimate of drug-likeness (QED) is 0.430. The number of ether oxygens (including phenoxy) is 1. The Balaban J connectivity index is 1.45. The number of aromatic nitrogens is 1. The highest BCUT2D eigenvalue weighted by molar-refractivity contribution is 6.12. The van der Waals surface area contributed by atoms with Gasteiger partial charge in [0.1, 0.15) is 12.4 Å². The fourth-order valence-corrected chi connectivity index (χ4v) is 3.09. The van der Waals surface area contributed by atoms with Gasteiger partial charge in [-0.05, 0) is 48.0 Å². The number of rotatable bonds is 7. The van der Waals surface area contributed by atoms with Crippen molar-refractivity contribution < 1.29 is 14.3 Å². The van der Waals surface area contributed by atoms with Gasteiger partial charge in [-0.1, -0.05) is 48.5 Å². The maximum Gasteiger partial charge on any atom is 0.257 e. The van der Waals surface area contributed by atoms with Crippen LogP contribution < -0.4 is 15.4 Å². The van der Waals surface area contributed by atoms with E-state index in [4.69, 9.17) is 4.74 Å². The highest BCUT2D eigenvalue weighted by atomic mass is 16.5. The zero-order valence-corrected chi connectivity index (χ0v) is 17.2. The monoisotopic (exact) mass is 423 g/mol. The molecule has 0 fully saturated rings. The second-order valence-corrected chi connectivity index (χ2v) is 7.00. The second-order valence-electron chi connectivity index (χ2n) is 7.00. The first kappa shape index (κ1) is 20.8. The summed E-state index contributed by atoms with van der Waals surface area (Å²) in [6, 6.07) is 27.1. The molecule has 2 amide bonds. The van der Waals surface area contributed by atoms with Crippen LogP contribution in [0.4, 0.5) is 11.4 Å². The Bertz CT molecular complexity index is 1210. The number of benzene rings is 3. The lowest BCUT2D eigenvalue weighted by molar-refractivity contribution is 0.102. The molecule has 0 aliphatic carbocycles. The Morgan fingerprint density at radius 3 is 2.41 bits per heavy atom. The van der Waals surface area contributed by atoms with Gasteiger partial charge < -0.3 is 15.4 Å². The van der Waals surface area contributed by atoms with E-state index in [1.807, 2.05) is 30.3 Å². The van der Waals surface area contributed by atoms with Crippen molar-refractivity contribution in [2.45, 2.75) is 6.61 Å². The number of hydrogen-bond donors (Lipinski definition) is 2. The number of carbonyl (C=O) groups excluding carboxylic acids is 2. The minimum atomic E-state index is -0.339. The van der Waals surface area contributed by atoms with Gasteiger partial charge in [0.25, 0.3) is 11.8 Å². The van der Waals surface area contributed by atoms with E-state index < -0.39 is 0 Å². The van der Waals surface area contributed by atoms with E-state index in [2.05, 4.69) is 15.6 Å². The maximum absolute atomic E-state index is 12.9. The molecule has 0 saturated carbocycles. The SMILES string of the molecule is O=C(Nc1ccccc1C(=O)Nc1cccnc1)c1cccc(OCc2ccccc2)c1. The summed E-state index contributed by atoms with van der Waals surface area (Å²) in [7, 11) is 0. The van der Waals surface area contributed by atoms with Gasteiger partial charge in [0, 0.05) is 11.8 Å². The topological polar surface area (TPSA) is 80.3 Å². The first-order valence-electron chi connectivity index (χ1n) is 10.1. The van der Waals surface area contributed by atoms with E-state index in [0.29, 0.717) is 34.9 Å². The van der Waals surface area contributed by atoms with Crippen molar-refractivity contribution in [3.8, 4) is 5.75 Å². The van der Waals surface area contributed by atoms with Crippen LogP contribution in [0.15, 0.2) is 103 Å². The molecule has 0 unspecified atom stereocenters. The highest BCUT2D eigenvalue weighted by Gasteiger charge is 2.15. The standard InChI is InChI=1S/C26H21N3O3/c30-25(20-10-6-12-22(16-20)32-18-19-8-2-1-3-9-19)29-24-14-5-4-13-23(24)26(31)28-21-11-7-15-27-17-21/h1-17H,18H2,(H,28,31)(H,29,30). The number of amides is 2. The van der Waals surface area contributed by atoms with Gasteiger partial charge in [-0.3, -0.25) is 14.6 Å². The first-order chi connectivity index (χ1) is 15.7.